The Morgan fingerprint density at radius 2 is 1.74 bits per heavy atom. The normalized spacial score (nSPS) is 13.9. The Morgan fingerprint density at radius 1 is 0.976 bits per heavy atom. The van der Waals surface area contributed by atoms with Gasteiger partial charge in [0.1, 0.15) is 23.6 Å². The fourth-order valence-electron chi connectivity index (χ4n) is 4.84. The van der Waals surface area contributed by atoms with Crippen LogP contribution in [0.3, 0.4) is 0 Å². The first-order valence-electron chi connectivity index (χ1n) is 14.2. The Labute approximate surface area is 244 Å². The van der Waals surface area contributed by atoms with Crippen molar-refractivity contribution in [1.29, 1.82) is 0 Å². The van der Waals surface area contributed by atoms with Gasteiger partial charge in [-0.3, -0.25) is 14.6 Å². The van der Waals surface area contributed by atoms with E-state index in [0.29, 0.717) is 47.0 Å². The molecule has 0 aliphatic heterocycles. The quantitative estimate of drug-likeness (QED) is 0.213. The molecule has 4 aromatic rings. The number of amides is 1. The highest BCUT2D eigenvalue weighted by molar-refractivity contribution is 5.94. The van der Waals surface area contributed by atoms with Crippen molar-refractivity contribution in [2.75, 3.05) is 13.7 Å². The maximum Gasteiger partial charge on any atom is 0.323 e. The number of rotatable bonds is 12. The summed E-state index contributed by atoms with van der Waals surface area (Å²) < 4.78 is 23.2. The van der Waals surface area contributed by atoms with Crippen LogP contribution < -0.4 is 25.3 Å². The molecule has 3 N–H and O–H groups in total. The van der Waals surface area contributed by atoms with Crippen molar-refractivity contribution in [3.05, 3.63) is 90.1 Å². The number of pyridine rings is 1. The van der Waals surface area contributed by atoms with Crippen LogP contribution in [0.2, 0.25) is 0 Å². The summed E-state index contributed by atoms with van der Waals surface area (Å²) in [5, 5.41) is 3.67. The van der Waals surface area contributed by atoms with E-state index in [1.54, 1.807) is 37.6 Å². The van der Waals surface area contributed by atoms with Crippen LogP contribution in [0.5, 0.6) is 23.0 Å². The van der Waals surface area contributed by atoms with Gasteiger partial charge >= 0.3 is 5.97 Å². The standard InChI is InChI=1S/C33H35N3O6/c1-39-30-19-26-28(20-31(30)40-18-16-27(34)33(38)42-24-9-5-6-10-24)35-17-15-29(26)41-25-13-11-22(12-14-25)21-36-32(37)23-7-3-2-4-8-23/h2-4,7-8,11-15,17,19-20,24,27H,5-6,9-10,16,18,21,34H2,1H3,(H,36,37). The fourth-order valence-corrected chi connectivity index (χ4v) is 4.84. The monoisotopic (exact) mass is 569 g/mol. The molecule has 0 radical (unpaired) electrons. The summed E-state index contributed by atoms with van der Waals surface area (Å²) in [6.07, 6.45) is 5.94. The molecule has 42 heavy (non-hydrogen) atoms. The molecule has 1 fully saturated rings. The van der Waals surface area contributed by atoms with E-state index >= 15 is 0 Å². The molecule has 218 valence electrons. The summed E-state index contributed by atoms with van der Waals surface area (Å²) in [6.45, 7) is 0.621. The van der Waals surface area contributed by atoms with E-state index in [4.69, 9.17) is 24.7 Å². The summed E-state index contributed by atoms with van der Waals surface area (Å²) >= 11 is 0. The van der Waals surface area contributed by atoms with Crippen molar-refractivity contribution >= 4 is 22.8 Å². The molecule has 0 spiro atoms. The minimum absolute atomic E-state index is 0.0157. The molecular formula is C33H35N3O6. The van der Waals surface area contributed by atoms with Crippen LogP contribution in [0.15, 0.2) is 79.0 Å². The van der Waals surface area contributed by atoms with Crippen LogP contribution in [0.1, 0.15) is 48.0 Å². The number of benzene rings is 3. The highest BCUT2D eigenvalue weighted by atomic mass is 16.5. The van der Waals surface area contributed by atoms with Crippen molar-refractivity contribution in [2.45, 2.75) is 50.8 Å². The zero-order valence-corrected chi connectivity index (χ0v) is 23.6. The van der Waals surface area contributed by atoms with Gasteiger partial charge in [0.25, 0.3) is 5.91 Å². The summed E-state index contributed by atoms with van der Waals surface area (Å²) in [5.41, 5.74) is 8.27. The van der Waals surface area contributed by atoms with Crippen LogP contribution in [-0.2, 0) is 16.1 Å². The van der Waals surface area contributed by atoms with Gasteiger partial charge in [-0.2, -0.15) is 0 Å². The van der Waals surface area contributed by atoms with E-state index in [1.807, 2.05) is 48.5 Å². The smallest absolute Gasteiger partial charge is 0.323 e. The number of ether oxygens (including phenoxy) is 4. The lowest BCUT2D eigenvalue weighted by atomic mass is 10.1. The molecule has 1 aromatic heterocycles. The number of nitrogens with one attached hydrogen (secondary N) is 1. The third-order valence-electron chi connectivity index (χ3n) is 7.20. The molecule has 3 aromatic carbocycles. The van der Waals surface area contributed by atoms with Crippen molar-refractivity contribution in [3.8, 4) is 23.0 Å². The number of carbonyl (C=O) groups excluding carboxylic acids is 2. The number of methoxy groups -OCH3 is 1. The summed E-state index contributed by atoms with van der Waals surface area (Å²) in [4.78, 5) is 29.1. The molecule has 5 rings (SSSR count). The highest BCUT2D eigenvalue weighted by Crippen LogP contribution is 2.37. The first-order chi connectivity index (χ1) is 20.5. The Balaban J connectivity index is 1.19. The molecule has 1 saturated carbocycles. The van der Waals surface area contributed by atoms with Gasteiger partial charge in [0.05, 0.1) is 19.2 Å². The number of aromatic nitrogens is 1. The maximum absolute atomic E-state index is 12.3. The van der Waals surface area contributed by atoms with Gasteiger partial charge in [0, 0.05) is 36.2 Å². The molecule has 1 aliphatic carbocycles. The number of nitrogens with zero attached hydrogens (tertiary/aromatic N) is 1. The van der Waals surface area contributed by atoms with E-state index in [1.165, 1.54) is 0 Å². The number of carbonyl (C=O) groups is 2. The van der Waals surface area contributed by atoms with Gasteiger partial charge < -0.3 is 30.0 Å². The number of hydrogen-bond acceptors (Lipinski definition) is 8. The molecule has 1 heterocycles. The summed E-state index contributed by atoms with van der Waals surface area (Å²) in [7, 11) is 1.56. The van der Waals surface area contributed by atoms with E-state index < -0.39 is 6.04 Å². The minimum atomic E-state index is -0.748. The molecule has 1 unspecified atom stereocenters. The topological polar surface area (TPSA) is 122 Å². The lowest BCUT2D eigenvalue weighted by Gasteiger charge is -2.17. The minimum Gasteiger partial charge on any atom is -0.493 e. The second kappa shape index (κ2) is 13.8. The lowest BCUT2D eigenvalue weighted by Crippen LogP contribution is -2.35. The maximum atomic E-state index is 12.3. The third-order valence-corrected chi connectivity index (χ3v) is 7.20. The van der Waals surface area contributed by atoms with Crippen molar-refractivity contribution in [1.82, 2.24) is 10.3 Å². The second-order valence-electron chi connectivity index (χ2n) is 10.2. The molecule has 1 aliphatic rings. The van der Waals surface area contributed by atoms with Crippen molar-refractivity contribution < 1.29 is 28.5 Å². The SMILES string of the molecule is COc1cc2c(Oc3ccc(CNC(=O)c4ccccc4)cc3)ccnc2cc1OCCC(N)C(=O)OC1CCCC1. The lowest BCUT2D eigenvalue weighted by molar-refractivity contribution is -0.150. The van der Waals surface area contributed by atoms with E-state index in [2.05, 4.69) is 10.3 Å². The Kier molecular flexibility index (Phi) is 9.51. The van der Waals surface area contributed by atoms with Crippen LogP contribution >= 0.6 is 0 Å². The Bertz CT molecular complexity index is 1500. The fraction of sp³-hybridized carbons (Fsp3) is 0.303. The zero-order valence-electron chi connectivity index (χ0n) is 23.6. The van der Waals surface area contributed by atoms with E-state index in [-0.39, 0.29) is 24.6 Å². The number of nitrogens with two attached hydrogens (primary N) is 1. The third kappa shape index (κ3) is 7.36. The van der Waals surface area contributed by atoms with E-state index in [0.717, 1.165) is 36.6 Å². The van der Waals surface area contributed by atoms with Crippen LogP contribution in [0.4, 0.5) is 0 Å². The number of hydrogen-bond donors (Lipinski definition) is 2. The van der Waals surface area contributed by atoms with Gasteiger partial charge in [-0.25, -0.2) is 0 Å². The van der Waals surface area contributed by atoms with Crippen molar-refractivity contribution in [2.24, 2.45) is 5.73 Å². The number of fused-ring (bicyclic) bond motifs is 1. The molecule has 9 nitrogen and oxygen atoms in total. The van der Waals surface area contributed by atoms with E-state index in [9.17, 15) is 9.59 Å². The Morgan fingerprint density at radius 3 is 2.48 bits per heavy atom. The van der Waals surface area contributed by atoms with Crippen LogP contribution in [0.25, 0.3) is 10.9 Å². The second-order valence-corrected chi connectivity index (χ2v) is 10.2. The predicted molar refractivity (Wildman–Crippen MR) is 159 cm³/mol. The molecule has 1 atom stereocenters. The Hall–Kier alpha value is -4.63. The largest absolute Gasteiger partial charge is 0.493 e. The first kappa shape index (κ1) is 28.9. The molecule has 9 heteroatoms. The van der Waals surface area contributed by atoms with Crippen molar-refractivity contribution in [3.63, 3.8) is 0 Å². The average molecular weight is 570 g/mol. The molecule has 0 bridgehead atoms. The van der Waals surface area contributed by atoms with Gasteiger partial charge in [-0.15, -0.1) is 0 Å². The van der Waals surface area contributed by atoms with Crippen LogP contribution in [-0.4, -0.2) is 42.7 Å². The molecule has 1 amide bonds. The number of esters is 1. The van der Waals surface area contributed by atoms with Crippen LogP contribution in [0, 0.1) is 0 Å². The van der Waals surface area contributed by atoms with Gasteiger partial charge in [-0.1, -0.05) is 30.3 Å². The summed E-state index contributed by atoms with van der Waals surface area (Å²) in [5.74, 6) is 1.73. The average Bonchev–Trinajstić information content (AvgIpc) is 3.53. The van der Waals surface area contributed by atoms with Gasteiger partial charge in [0.15, 0.2) is 11.5 Å². The summed E-state index contributed by atoms with van der Waals surface area (Å²) in [6, 6.07) is 21.3. The predicted octanol–water partition coefficient (Wildman–Crippen LogP) is 5.55. The van der Waals surface area contributed by atoms with Gasteiger partial charge in [-0.05, 0) is 67.6 Å². The van der Waals surface area contributed by atoms with Gasteiger partial charge in [0.2, 0.25) is 0 Å². The highest BCUT2D eigenvalue weighted by Gasteiger charge is 2.23. The zero-order chi connectivity index (χ0) is 29.3. The first-order valence-corrected chi connectivity index (χ1v) is 14.2. The molecule has 0 saturated heterocycles. The molecular weight excluding hydrogens is 534 g/mol.